The van der Waals surface area contributed by atoms with Crippen molar-refractivity contribution in [1.82, 2.24) is 14.9 Å². The van der Waals surface area contributed by atoms with Crippen LogP contribution in [0.3, 0.4) is 0 Å². The number of imidazole rings is 1. The molecule has 2 rings (SSSR count). The molecular weight excluding hydrogens is 306 g/mol. The molecule has 0 aliphatic rings. The number of nitrogens with zero attached hydrogens (tertiary/aromatic N) is 2. The van der Waals surface area contributed by atoms with Crippen molar-refractivity contribution < 1.29 is 4.79 Å². The summed E-state index contributed by atoms with van der Waals surface area (Å²) in [6.07, 6.45) is 4.73. The number of hydrogen-bond donors (Lipinski definition) is 1. The summed E-state index contributed by atoms with van der Waals surface area (Å²) in [6.45, 7) is 9.21. The van der Waals surface area contributed by atoms with Gasteiger partial charge in [-0.05, 0) is 43.4 Å². The lowest BCUT2D eigenvalue weighted by Gasteiger charge is -2.11. The van der Waals surface area contributed by atoms with Gasteiger partial charge >= 0.3 is 0 Å². The Balaban J connectivity index is 1.99. The zero-order valence-corrected chi connectivity index (χ0v) is 15.1. The molecule has 5 heteroatoms. The van der Waals surface area contributed by atoms with Gasteiger partial charge in [0.25, 0.3) is 0 Å². The fourth-order valence-electron chi connectivity index (χ4n) is 2.24. The number of carbonyl (C=O) groups excluding carboxylic acids is 1. The molecule has 0 spiro atoms. The Hall–Kier alpha value is -1.75. The van der Waals surface area contributed by atoms with Gasteiger partial charge in [0.1, 0.15) is 0 Å². The van der Waals surface area contributed by atoms with E-state index in [2.05, 4.69) is 56.2 Å². The van der Waals surface area contributed by atoms with Gasteiger partial charge in [0, 0.05) is 18.9 Å². The van der Waals surface area contributed by atoms with Gasteiger partial charge in [-0.3, -0.25) is 9.36 Å². The number of hydrogen-bond acceptors (Lipinski definition) is 3. The fourth-order valence-corrected chi connectivity index (χ4v) is 3.04. The molecule has 0 aliphatic heterocycles. The molecule has 1 heterocycles. The maximum Gasteiger partial charge on any atom is 0.230 e. The SMILES string of the molecule is Cc1ccc(C)c(-n2ccnc2SCC(=O)NCCC(C)C)c1. The van der Waals surface area contributed by atoms with E-state index in [0.29, 0.717) is 11.7 Å². The summed E-state index contributed by atoms with van der Waals surface area (Å²) in [5.41, 5.74) is 3.52. The Labute approximate surface area is 142 Å². The molecule has 0 saturated carbocycles. The van der Waals surface area contributed by atoms with Crippen LogP contribution in [0.5, 0.6) is 0 Å². The standard InChI is InChI=1S/C18H25N3OS/c1-13(2)7-8-19-17(22)12-23-18-20-9-10-21(18)16-11-14(3)5-6-15(16)4/h5-6,9-11,13H,7-8,12H2,1-4H3,(H,19,22). The van der Waals surface area contributed by atoms with Crippen LogP contribution >= 0.6 is 11.8 Å². The van der Waals surface area contributed by atoms with E-state index in [1.807, 2.05) is 10.8 Å². The third-order valence-corrected chi connectivity index (χ3v) is 4.57. The van der Waals surface area contributed by atoms with E-state index in [-0.39, 0.29) is 5.91 Å². The van der Waals surface area contributed by atoms with Gasteiger partial charge in [-0.15, -0.1) is 0 Å². The first-order chi connectivity index (χ1) is 11.0. The summed E-state index contributed by atoms with van der Waals surface area (Å²) in [7, 11) is 0. The Morgan fingerprint density at radius 3 is 2.87 bits per heavy atom. The summed E-state index contributed by atoms with van der Waals surface area (Å²) < 4.78 is 2.05. The second-order valence-corrected chi connectivity index (χ2v) is 7.13. The first-order valence-electron chi connectivity index (χ1n) is 7.98. The molecule has 0 aliphatic carbocycles. The number of carbonyl (C=O) groups is 1. The monoisotopic (exact) mass is 331 g/mol. The molecule has 0 atom stereocenters. The molecule has 23 heavy (non-hydrogen) atoms. The predicted molar refractivity (Wildman–Crippen MR) is 96.2 cm³/mol. The van der Waals surface area contributed by atoms with Crippen LogP contribution in [0.15, 0.2) is 35.7 Å². The highest BCUT2D eigenvalue weighted by atomic mass is 32.2. The van der Waals surface area contributed by atoms with Gasteiger partial charge in [0.15, 0.2) is 5.16 Å². The molecule has 0 saturated heterocycles. The number of thioether (sulfide) groups is 1. The van der Waals surface area contributed by atoms with Crippen LogP contribution in [-0.2, 0) is 4.79 Å². The Bertz CT molecular complexity index is 664. The minimum Gasteiger partial charge on any atom is -0.355 e. The lowest BCUT2D eigenvalue weighted by Crippen LogP contribution is -2.27. The largest absolute Gasteiger partial charge is 0.355 e. The van der Waals surface area contributed by atoms with Gasteiger partial charge in [0.05, 0.1) is 11.4 Å². The third-order valence-electron chi connectivity index (χ3n) is 3.61. The Morgan fingerprint density at radius 2 is 2.13 bits per heavy atom. The van der Waals surface area contributed by atoms with E-state index in [1.54, 1.807) is 6.20 Å². The highest BCUT2D eigenvalue weighted by Gasteiger charge is 2.10. The molecule has 0 unspecified atom stereocenters. The zero-order chi connectivity index (χ0) is 16.8. The number of aromatic nitrogens is 2. The van der Waals surface area contributed by atoms with Crippen molar-refractivity contribution in [3.05, 3.63) is 41.7 Å². The summed E-state index contributed by atoms with van der Waals surface area (Å²) in [6, 6.07) is 6.35. The quantitative estimate of drug-likeness (QED) is 0.786. The first kappa shape index (κ1) is 17.6. The molecule has 2 aromatic rings. The average Bonchev–Trinajstić information content (AvgIpc) is 2.95. The second-order valence-electron chi connectivity index (χ2n) is 6.19. The Kier molecular flexibility index (Phi) is 6.28. The molecule has 1 N–H and O–H groups in total. The molecule has 4 nitrogen and oxygen atoms in total. The van der Waals surface area contributed by atoms with Crippen molar-refractivity contribution in [3.8, 4) is 5.69 Å². The second kappa shape index (κ2) is 8.20. The third kappa shape index (κ3) is 5.13. The van der Waals surface area contributed by atoms with E-state index in [9.17, 15) is 4.79 Å². The smallest absolute Gasteiger partial charge is 0.230 e. The molecule has 1 aromatic carbocycles. The van der Waals surface area contributed by atoms with E-state index in [0.717, 1.165) is 23.8 Å². The zero-order valence-electron chi connectivity index (χ0n) is 14.3. The molecule has 124 valence electrons. The molecule has 0 radical (unpaired) electrons. The maximum atomic E-state index is 11.9. The Morgan fingerprint density at radius 1 is 1.35 bits per heavy atom. The average molecular weight is 331 g/mol. The minimum absolute atomic E-state index is 0.0613. The van der Waals surface area contributed by atoms with E-state index >= 15 is 0 Å². The molecule has 1 amide bonds. The number of rotatable bonds is 7. The molecule has 0 fully saturated rings. The predicted octanol–water partition coefficient (Wildman–Crippen LogP) is 3.74. The summed E-state index contributed by atoms with van der Waals surface area (Å²) in [5, 5.41) is 3.80. The number of benzene rings is 1. The van der Waals surface area contributed by atoms with E-state index < -0.39 is 0 Å². The minimum atomic E-state index is 0.0613. The van der Waals surface area contributed by atoms with Crippen LogP contribution in [0.1, 0.15) is 31.4 Å². The topological polar surface area (TPSA) is 46.9 Å². The normalized spacial score (nSPS) is 11.0. The van der Waals surface area contributed by atoms with Gasteiger partial charge in [-0.2, -0.15) is 0 Å². The van der Waals surface area contributed by atoms with E-state index in [1.165, 1.54) is 22.9 Å². The molecule has 0 bridgehead atoms. The highest BCUT2D eigenvalue weighted by molar-refractivity contribution is 7.99. The molecular formula is C18H25N3OS. The fraction of sp³-hybridized carbons (Fsp3) is 0.444. The number of aryl methyl sites for hydroxylation is 2. The van der Waals surface area contributed by atoms with Crippen molar-refractivity contribution in [2.75, 3.05) is 12.3 Å². The van der Waals surface area contributed by atoms with Gasteiger partial charge in [-0.25, -0.2) is 4.98 Å². The van der Waals surface area contributed by atoms with Crippen molar-refractivity contribution in [2.45, 2.75) is 39.3 Å². The maximum absolute atomic E-state index is 11.9. The van der Waals surface area contributed by atoms with Crippen LogP contribution in [0.4, 0.5) is 0 Å². The van der Waals surface area contributed by atoms with Crippen molar-refractivity contribution in [3.63, 3.8) is 0 Å². The van der Waals surface area contributed by atoms with Crippen molar-refractivity contribution >= 4 is 17.7 Å². The molecule has 1 aromatic heterocycles. The van der Waals surface area contributed by atoms with Crippen molar-refractivity contribution in [2.24, 2.45) is 5.92 Å². The van der Waals surface area contributed by atoms with Gasteiger partial charge < -0.3 is 5.32 Å². The lowest BCUT2D eigenvalue weighted by atomic mass is 10.1. The number of nitrogens with one attached hydrogen (secondary N) is 1. The van der Waals surface area contributed by atoms with Crippen LogP contribution < -0.4 is 5.32 Å². The first-order valence-corrected chi connectivity index (χ1v) is 8.96. The summed E-state index contributed by atoms with van der Waals surface area (Å²) >= 11 is 1.47. The van der Waals surface area contributed by atoms with Crippen molar-refractivity contribution in [1.29, 1.82) is 0 Å². The van der Waals surface area contributed by atoms with E-state index in [4.69, 9.17) is 0 Å². The van der Waals surface area contributed by atoms with Crippen LogP contribution in [0.25, 0.3) is 5.69 Å². The summed E-state index contributed by atoms with van der Waals surface area (Å²) in [5.74, 6) is 1.05. The van der Waals surface area contributed by atoms with Gasteiger partial charge in [0.2, 0.25) is 5.91 Å². The summed E-state index contributed by atoms with van der Waals surface area (Å²) in [4.78, 5) is 16.3. The highest BCUT2D eigenvalue weighted by Crippen LogP contribution is 2.23. The van der Waals surface area contributed by atoms with Crippen LogP contribution in [0, 0.1) is 19.8 Å². The van der Waals surface area contributed by atoms with Crippen LogP contribution in [-0.4, -0.2) is 27.8 Å². The van der Waals surface area contributed by atoms with Gasteiger partial charge in [-0.1, -0.05) is 37.7 Å². The van der Waals surface area contributed by atoms with Crippen LogP contribution in [0.2, 0.25) is 0 Å². The number of amides is 1. The lowest BCUT2D eigenvalue weighted by molar-refractivity contribution is -0.118.